The molecule has 0 aliphatic carbocycles. The van der Waals surface area contributed by atoms with Crippen molar-refractivity contribution >= 4 is 30.5 Å². The number of carbonyl (C=O) groups excluding carboxylic acids is 3. The van der Waals surface area contributed by atoms with Crippen LogP contribution in [0.3, 0.4) is 0 Å². The first-order chi connectivity index (χ1) is 16.7. The van der Waals surface area contributed by atoms with Crippen LogP contribution in [0.2, 0.25) is 0 Å². The van der Waals surface area contributed by atoms with Gasteiger partial charge in [0.2, 0.25) is 11.8 Å². The summed E-state index contributed by atoms with van der Waals surface area (Å²) >= 11 is 4.35. The van der Waals surface area contributed by atoms with Crippen molar-refractivity contribution in [3.8, 4) is 0 Å². The van der Waals surface area contributed by atoms with Gasteiger partial charge in [0.15, 0.2) is 0 Å². The predicted octanol–water partition coefficient (Wildman–Crippen LogP) is 5.57. The molecule has 0 spiro atoms. The molecule has 2 atom stereocenters. The van der Waals surface area contributed by atoms with Crippen LogP contribution in [0.15, 0.2) is 24.3 Å². The zero-order valence-corrected chi connectivity index (χ0v) is 24.3. The molecule has 0 saturated heterocycles. The van der Waals surface area contributed by atoms with Crippen molar-refractivity contribution in [3.05, 3.63) is 35.4 Å². The maximum atomic E-state index is 13.9. The van der Waals surface area contributed by atoms with E-state index in [-0.39, 0.29) is 17.6 Å². The molecule has 0 bridgehead atoms. The Morgan fingerprint density at radius 3 is 2.19 bits per heavy atom. The third-order valence-electron chi connectivity index (χ3n) is 5.37. The maximum absolute atomic E-state index is 13.9. The quantitative estimate of drug-likeness (QED) is 0.248. The highest BCUT2D eigenvalue weighted by molar-refractivity contribution is 7.80. The maximum Gasteiger partial charge on any atom is 0.408 e. The SMILES string of the molecule is CCCCCCCN(C(=O)C(CS)NC(=O)OC(C)(C)C)C(C(=O)NC(C)(C)C)c1cccc(C)c1. The summed E-state index contributed by atoms with van der Waals surface area (Å²) in [6.45, 7) is 15.5. The predicted molar refractivity (Wildman–Crippen MR) is 149 cm³/mol. The van der Waals surface area contributed by atoms with Crippen LogP contribution in [0.1, 0.15) is 97.7 Å². The Morgan fingerprint density at radius 2 is 1.67 bits per heavy atom. The Hall–Kier alpha value is -2.22. The van der Waals surface area contributed by atoms with Crippen LogP contribution in [0.25, 0.3) is 0 Å². The lowest BCUT2D eigenvalue weighted by Gasteiger charge is -2.36. The normalized spacial score (nSPS) is 13.5. The fourth-order valence-corrected chi connectivity index (χ4v) is 4.09. The van der Waals surface area contributed by atoms with Crippen molar-refractivity contribution in [3.63, 3.8) is 0 Å². The number of nitrogens with zero attached hydrogens (tertiary/aromatic N) is 1. The molecule has 36 heavy (non-hydrogen) atoms. The van der Waals surface area contributed by atoms with Crippen molar-refractivity contribution in [2.75, 3.05) is 12.3 Å². The molecule has 0 aliphatic heterocycles. The first-order valence-electron chi connectivity index (χ1n) is 13.0. The van der Waals surface area contributed by atoms with Crippen LogP contribution in [0.4, 0.5) is 4.79 Å². The molecule has 1 aromatic carbocycles. The molecule has 0 radical (unpaired) electrons. The number of hydrogen-bond donors (Lipinski definition) is 3. The molecular formula is C28H47N3O4S. The van der Waals surface area contributed by atoms with Gasteiger partial charge < -0.3 is 20.3 Å². The van der Waals surface area contributed by atoms with Gasteiger partial charge in [-0.2, -0.15) is 12.6 Å². The number of nitrogens with one attached hydrogen (secondary N) is 2. The summed E-state index contributed by atoms with van der Waals surface area (Å²) in [5.74, 6) is -0.543. The van der Waals surface area contributed by atoms with E-state index in [1.54, 1.807) is 25.7 Å². The third-order valence-corrected chi connectivity index (χ3v) is 5.74. The highest BCUT2D eigenvalue weighted by atomic mass is 32.1. The number of rotatable bonds is 12. The van der Waals surface area contributed by atoms with E-state index in [2.05, 4.69) is 30.2 Å². The van der Waals surface area contributed by atoms with Gasteiger partial charge in [0.05, 0.1) is 0 Å². The second kappa shape index (κ2) is 14.5. The van der Waals surface area contributed by atoms with E-state index in [0.717, 1.165) is 43.2 Å². The number of thiol groups is 1. The monoisotopic (exact) mass is 521 g/mol. The molecule has 0 saturated carbocycles. The number of ether oxygens (including phenoxy) is 1. The molecule has 0 heterocycles. The first kappa shape index (κ1) is 31.8. The van der Waals surface area contributed by atoms with E-state index in [0.29, 0.717) is 6.54 Å². The molecule has 0 aliphatic rings. The zero-order chi connectivity index (χ0) is 27.5. The minimum atomic E-state index is -0.937. The minimum absolute atomic E-state index is 0.0752. The molecule has 1 rings (SSSR count). The van der Waals surface area contributed by atoms with E-state index < -0.39 is 29.3 Å². The molecule has 1 aromatic rings. The Bertz CT molecular complexity index is 861. The van der Waals surface area contributed by atoms with Gasteiger partial charge in [-0.05, 0) is 60.5 Å². The van der Waals surface area contributed by atoms with Gasteiger partial charge in [0.25, 0.3) is 0 Å². The van der Waals surface area contributed by atoms with Gasteiger partial charge in [-0.25, -0.2) is 4.79 Å². The second-order valence-electron chi connectivity index (χ2n) is 11.4. The Kier molecular flexibility index (Phi) is 12.8. The van der Waals surface area contributed by atoms with Gasteiger partial charge >= 0.3 is 6.09 Å². The van der Waals surface area contributed by atoms with Crippen molar-refractivity contribution < 1.29 is 19.1 Å². The fourth-order valence-electron chi connectivity index (χ4n) is 3.84. The van der Waals surface area contributed by atoms with Gasteiger partial charge in [-0.15, -0.1) is 0 Å². The average Bonchev–Trinajstić information content (AvgIpc) is 2.73. The van der Waals surface area contributed by atoms with E-state index in [1.807, 2.05) is 52.0 Å². The molecule has 8 heteroatoms. The van der Waals surface area contributed by atoms with Gasteiger partial charge in [0, 0.05) is 17.8 Å². The highest BCUT2D eigenvalue weighted by Gasteiger charge is 2.36. The fraction of sp³-hybridized carbons (Fsp3) is 0.679. The van der Waals surface area contributed by atoms with Crippen LogP contribution in [-0.4, -0.2) is 52.3 Å². The number of amides is 3. The Labute approximate surface area is 223 Å². The number of hydrogen-bond acceptors (Lipinski definition) is 5. The van der Waals surface area contributed by atoms with Gasteiger partial charge in [-0.1, -0.05) is 62.4 Å². The lowest BCUT2D eigenvalue weighted by molar-refractivity contribution is -0.142. The summed E-state index contributed by atoms with van der Waals surface area (Å²) < 4.78 is 5.37. The standard InChI is InChI=1S/C28H47N3O4S/c1-9-10-11-12-13-17-31(25(33)22(19-36)29-26(34)35-28(6,7)8)23(24(32)30-27(3,4)5)21-16-14-15-20(2)18-21/h14-16,18,22-23,36H,9-13,17,19H2,1-8H3,(H,29,34)(H,30,32). The van der Waals surface area contributed by atoms with Crippen LogP contribution in [0, 0.1) is 6.92 Å². The number of benzene rings is 1. The molecular weight excluding hydrogens is 474 g/mol. The summed E-state index contributed by atoms with van der Waals surface area (Å²) in [7, 11) is 0. The zero-order valence-electron chi connectivity index (χ0n) is 23.4. The topological polar surface area (TPSA) is 87.7 Å². The summed E-state index contributed by atoms with van der Waals surface area (Å²) in [6, 6.07) is 5.87. The van der Waals surface area contributed by atoms with E-state index in [4.69, 9.17) is 4.74 Å². The van der Waals surface area contributed by atoms with Gasteiger partial charge in [0.1, 0.15) is 17.7 Å². The molecule has 2 unspecified atom stereocenters. The minimum Gasteiger partial charge on any atom is -0.444 e. The molecule has 2 N–H and O–H groups in total. The number of carbonyl (C=O) groups is 3. The molecule has 0 fully saturated rings. The lowest BCUT2D eigenvalue weighted by Crippen LogP contribution is -2.55. The van der Waals surface area contributed by atoms with Crippen molar-refractivity contribution in [2.24, 2.45) is 0 Å². The number of unbranched alkanes of at least 4 members (excludes halogenated alkanes) is 4. The summed E-state index contributed by atoms with van der Waals surface area (Å²) in [5.41, 5.74) is 0.541. The number of alkyl carbamates (subject to hydrolysis) is 1. The number of aryl methyl sites for hydroxylation is 1. The molecule has 0 aromatic heterocycles. The molecule has 7 nitrogen and oxygen atoms in total. The summed E-state index contributed by atoms with van der Waals surface area (Å²) in [5, 5.41) is 5.71. The van der Waals surface area contributed by atoms with E-state index >= 15 is 0 Å². The highest BCUT2D eigenvalue weighted by Crippen LogP contribution is 2.25. The van der Waals surface area contributed by atoms with Crippen molar-refractivity contribution in [1.82, 2.24) is 15.5 Å². The van der Waals surface area contributed by atoms with Crippen LogP contribution < -0.4 is 10.6 Å². The summed E-state index contributed by atoms with van der Waals surface area (Å²) in [6.07, 6.45) is 4.31. The lowest BCUT2D eigenvalue weighted by atomic mass is 9.99. The molecule has 3 amide bonds. The average molecular weight is 522 g/mol. The second-order valence-corrected chi connectivity index (χ2v) is 11.7. The van der Waals surface area contributed by atoms with Crippen LogP contribution >= 0.6 is 12.6 Å². The molecule has 204 valence electrons. The Morgan fingerprint density at radius 1 is 1.03 bits per heavy atom. The van der Waals surface area contributed by atoms with Crippen LogP contribution in [-0.2, 0) is 14.3 Å². The summed E-state index contributed by atoms with van der Waals surface area (Å²) in [4.78, 5) is 41.6. The van der Waals surface area contributed by atoms with Gasteiger partial charge in [-0.3, -0.25) is 9.59 Å². The van der Waals surface area contributed by atoms with Crippen molar-refractivity contribution in [1.29, 1.82) is 0 Å². The van der Waals surface area contributed by atoms with E-state index in [9.17, 15) is 14.4 Å². The van der Waals surface area contributed by atoms with E-state index in [1.165, 1.54) is 0 Å². The van der Waals surface area contributed by atoms with Crippen LogP contribution in [0.5, 0.6) is 0 Å². The Balaban J connectivity index is 3.39. The first-order valence-corrected chi connectivity index (χ1v) is 13.6. The smallest absolute Gasteiger partial charge is 0.408 e. The largest absolute Gasteiger partial charge is 0.444 e. The third kappa shape index (κ3) is 11.7. The van der Waals surface area contributed by atoms with Crippen molar-refractivity contribution in [2.45, 2.75) is 111 Å².